The van der Waals surface area contributed by atoms with Gasteiger partial charge in [-0.05, 0) is 50.4 Å². The number of piperidine rings is 1. The van der Waals surface area contributed by atoms with Crippen LogP contribution in [0.4, 0.5) is 0 Å². The van der Waals surface area contributed by atoms with Crippen molar-refractivity contribution >= 4 is 10.0 Å². The number of nitrogens with one attached hydrogen (secondary N) is 2. The highest BCUT2D eigenvalue weighted by molar-refractivity contribution is 7.89. The predicted molar refractivity (Wildman–Crippen MR) is 83.0 cm³/mol. The summed E-state index contributed by atoms with van der Waals surface area (Å²) in [5, 5.41) is 3.30. The van der Waals surface area contributed by atoms with E-state index in [1.165, 1.54) is 0 Å². The van der Waals surface area contributed by atoms with Gasteiger partial charge in [0.2, 0.25) is 10.0 Å². The van der Waals surface area contributed by atoms with Crippen LogP contribution in [0.15, 0.2) is 29.2 Å². The Kier molecular flexibility index (Phi) is 5.24. The fourth-order valence-electron chi connectivity index (χ4n) is 2.46. The molecule has 5 nitrogen and oxygen atoms in total. The Balaban J connectivity index is 2.05. The molecule has 1 aromatic rings. The fourth-order valence-corrected chi connectivity index (χ4v) is 3.69. The van der Waals surface area contributed by atoms with E-state index in [4.69, 9.17) is 4.74 Å². The zero-order chi connectivity index (χ0) is 15.3. The normalized spacial score (nSPS) is 18.4. The van der Waals surface area contributed by atoms with Gasteiger partial charge in [0.05, 0.1) is 11.5 Å². The van der Waals surface area contributed by atoms with E-state index in [-0.39, 0.29) is 10.3 Å². The molecule has 1 saturated heterocycles. The highest BCUT2D eigenvalue weighted by atomic mass is 32.2. The Hall–Kier alpha value is -1.11. The lowest BCUT2D eigenvalue weighted by Crippen LogP contribution is -2.42. The number of hydrogen-bond donors (Lipinski definition) is 2. The second-order valence-electron chi connectivity index (χ2n) is 5.79. The van der Waals surface area contributed by atoms with Gasteiger partial charge in [0.15, 0.2) is 0 Å². The second kappa shape index (κ2) is 6.77. The molecule has 0 aliphatic carbocycles. The number of benzene rings is 1. The maximum atomic E-state index is 12.4. The SMILES string of the molecule is CCOc1cccc(S(=O)(=O)NCC2(C)CCNCC2)c1. The Morgan fingerprint density at radius 1 is 1.33 bits per heavy atom. The van der Waals surface area contributed by atoms with Gasteiger partial charge in [-0.3, -0.25) is 0 Å². The van der Waals surface area contributed by atoms with Crippen molar-refractivity contribution in [3.63, 3.8) is 0 Å². The standard InChI is InChI=1S/C15H24N2O3S/c1-3-20-13-5-4-6-14(11-13)21(18,19)17-12-15(2)7-9-16-10-8-15/h4-6,11,16-17H,3,7-10,12H2,1-2H3. The fraction of sp³-hybridized carbons (Fsp3) is 0.600. The summed E-state index contributed by atoms with van der Waals surface area (Å²) in [7, 11) is -3.49. The van der Waals surface area contributed by atoms with Crippen LogP contribution in [0.5, 0.6) is 5.75 Å². The molecule has 6 heteroatoms. The first-order valence-corrected chi connectivity index (χ1v) is 8.87. The van der Waals surface area contributed by atoms with E-state index < -0.39 is 10.0 Å². The van der Waals surface area contributed by atoms with E-state index in [0.29, 0.717) is 18.9 Å². The average molecular weight is 312 g/mol. The summed E-state index contributed by atoms with van der Waals surface area (Å²) in [6.45, 7) is 6.87. The van der Waals surface area contributed by atoms with Crippen LogP contribution in [-0.4, -0.2) is 34.7 Å². The first-order valence-electron chi connectivity index (χ1n) is 7.38. The Morgan fingerprint density at radius 3 is 2.71 bits per heavy atom. The van der Waals surface area contributed by atoms with Crippen molar-refractivity contribution in [2.45, 2.75) is 31.6 Å². The van der Waals surface area contributed by atoms with Gasteiger partial charge < -0.3 is 10.1 Å². The third kappa shape index (κ3) is 4.43. The zero-order valence-corrected chi connectivity index (χ0v) is 13.5. The van der Waals surface area contributed by atoms with Gasteiger partial charge >= 0.3 is 0 Å². The van der Waals surface area contributed by atoms with E-state index in [1.54, 1.807) is 24.3 Å². The highest BCUT2D eigenvalue weighted by Gasteiger charge is 2.28. The van der Waals surface area contributed by atoms with E-state index >= 15 is 0 Å². The summed E-state index contributed by atoms with van der Waals surface area (Å²) in [6.07, 6.45) is 1.96. The highest BCUT2D eigenvalue weighted by Crippen LogP contribution is 2.27. The van der Waals surface area contributed by atoms with Crippen LogP contribution in [-0.2, 0) is 10.0 Å². The molecule has 0 atom stereocenters. The first-order chi connectivity index (χ1) is 9.95. The summed E-state index contributed by atoms with van der Waals surface area (Å²) < 4.78 is 32.9. The van der Waals surface area contributed by atoms with Crippen molar-refractivity contribution < 1.29 is 13.2 Å². The molecule has 0 amide bonds. The molecule has 0 bridgehead atoms. The molecule has 0 aromatic heterocycles. The summed E-state index contributed by atoms with van der Waals surface area (Å²) in [6, 6.07) is 6.62. The summed E-state index contributed by atoms with van der Waals surface area (Å²) >= 11 is 0. The Morgan fingerprint density at radius 2 is 2.05 bits per heavy atom. The second-order valence-corrected chi connectivity index (χ2v) is 7.56. The number of ether oxygens (including phenoxy) is 1. The molecule has 0 unspecified atom stereocenters. The van der Waals surface area contributed by atoms with Gasteiger partial charge in [-0.25, -0.2) is 13.1 Å². The van der Waals surface area contributed by atoms with Crippen molar-refractivity contribution in [3.05, 3.63) is 24.3 Å². The number of rotatable bonds is 6. The van der Waals surface area contributed by atoms with Crippen LogP contribution >= 0.6 is 0 Å². The molecule has 0 spiro atoms. The van der Waals surface area contributed by atoms with E-state index in [0.717, 1.165) is 25.9 Å². The van der Waals surface area contributed by atoms with Crippen LogP contribution in [0.1, 0.15) is 26.7 Å². The molecule has 1 aromatic carbocycles. The van der Waals surface area contributed by atoms with Crippen LogP contribution in [0.25, 0.3) is 0 Å². The third-order valence-electron chi connectivity index (χ3n) is 3.93. The van der Waals surface area contributed by atoms with Crippen molar-refractivity contribution in [1.29, 1.82) is 0 Å². The van der Waals surface area contributed by atoms with Crippen LogP contribution in [0.3, 0.4) is 0 Å². The molecule has 1 aliphatic heterocycles. The lowest BCUT2D eigenvalue weighted by atomic mass is 9.81. The van der Waals surface area contributed by atoms with Crippen LogP contribution in [0, 0.1) is 5.41 Å². The molecular formula is C15H24N2O3S. The van der Waals surface area contributed by atoms with Crippen molar-refractivity contribution in [3.8, 4) is 5.75 Å². The van der Waals surface area contributed by atoms with Gasteiger partial charge in [-0.15, -0.1) is 0 Å². The molecule has 1 aliphatic rings. The molecule has 0 radical (unpaired) electrons. The first kappa shape index (κ1) is 16.3. The monoisotopic (exact) mass is 312 g/mol. The van der Waals surface area contributed by atoms with Gasteiger partial charge in [0.25, 0.3) is 0 Å². The summed E-state index contributed by atoms with van der Waals surface area (Å²) in [5.41, 5.74) is 0.0237. The molecule has 1 fully saturated rings. The number of hydrogen-bond acceptors (Lipinski definition) is 4. The lowest BCUT2D eigenvalue weighted by Gasteiger charge is -2.34. The largest absolute Gasteiger partial charge is 0.494 e. The quantitative estimate of drug-likeness (QED) is 0.840. The van der Waals surface area contributed by atoms with Crippen molar-refractivity contribution in [2.24, 2.45) is 5.41 Å². The summed E-state index contributed by atoms with van der Waals surface area (Å²) in [4.78, 5) is 0.256. The molecular weight excluding hydrogens is 288 g/mol. The number of sulfonamides is 1. The van der Waals surface area contributed by atoms with Crippen LogP contribution in [0.2, 0.25) is 0 Å². The van der Waals surface area contributed by atoms with Gasteiger partial charge in [0, 0.05) is 12.6 Å². The molecule has 118 valence electrons. The minimum Gasteiger partial charge on any atom is -0.494 e. The van der Waals surface area contributed by atoms with Crippen molar-refractivity contribution in [1.82, 2.24) is 10.0 Å². The zero-order valence-electron chi connectivity index (χ0n) is 12.7. The molecule has 2 rings (SSSR count). The Bertz CT molecular complexity index is 566. The summed E-state index contributed by atoms with van der Waals surface area (Å²) in [5.74, 6) is 0.577. The molecule has 1 heterocycles. The minimum atomic E-state index is -3.49. The smallest absolute Gasteiger partial charge is 0.240 e. The maximum Gasteiger partial charge on any atom is 0.240 e. The van der Waals surface area contributed by atoms with Crippen LogP contribution < -0.4 is 14.8 Å². The Labute approximate surface area is 127 Å². The predicted octanol–water partition coefficient (Wildman–Crippen LogP) is 1.75. The third-order valence-corrected chi connectivity index (χ3v) is 5.33. The topological polar surface area (TPSA) is 67.4 Å². The molecule has 0 saturated carbocycles. The van der Waals surface area contributed by atoms with E-state index in [9.17, 15) is 8.42 Å². The average Bonchev–Trinajstić information content (AvgIpc) is 2.47. The van der Waals surface area contributed by atoms with E-state index in [2.05, 4.69) is 17.0 Å². The molecule has 21 heavy (non-hydrogen) atoms. The van der Waals surface area contributed by atoms with Crippen molar-refractivity contribution in [2.75, 3.05) is 26.2 Å². The molecule has 2 N–H and O–H groups in total. The van der Waals surface area contributed by atoms with E-state index in [1.807, 2.05) is 6.92 Å². The lowest BCUT2D eigenvalue weighted by molar-refractivity contribution is 0.232. The van der Waals surface area contributed by atoms with Gasteiger partial charge in [0.1, 0.15) is 5.75 Å². The van der Waals surface area contributed by atoms with Gasteiger partial charge in [-0.1, -0.05) is 13.0 Å². The van der Waals surface area contributed by atoms with Gasteiger partial charge in [-0.2, -0.15) is 0 Å². The minimum absolute atomic E-state index is 0.0237. The maximum absolute atomic E-state index is 12.4.